The topological polar surface area (TPSA) is 53.0 Å². The van der Waals surface area contributed by atoms with Gasteiger partial charge in [0.05, 0.1) is 11.6 Å². The van der Waals surface area contributed by atoms with Crippen molar-refractivity contribution >= 4 is 12.4 Å². The van der Waals surface area contributed by atoms with Crippen molar-refractivity contribution in [2.24, 2.45) is 11.7 Å². The quantitative estimate of drug-likeness (QED) is 0.911. The third kappa shape index (κ3) is 3.71. The van der Waals surface area contributed by atoms with Crippen molar-refractivity contribution in [2.45, 2.75) is 19.4 Å². The van der Waals surface area contributed by atoms with E-state index in [-0.39, 0.29) is 12.4 Å². The lowest BCUT2D eigenvalue weighted by molar-refractivity contribution is 0.171. The van der Waals surface area contributed by atoms with E-state index in [9.17, 15) is 0 Å². The molecule has 0 saturated carbocycles. The Labute approximate surface area is 115 Å². The Bertz CT molecular complexity index is 414. The SMILES string of the molecule is Cl.N#Cc1ccccc1CN1CCCC(CN)C1. The average Bonchev–Trinajstić information content (AvgIpc) is 2.39. The van der Waals surface area contributed by atoms with E-state index in [1.54, 1.807) is 0 Å². The number of nitrogens with zero attached hydrogens (tertiary/aromatic N) is 2. The summed E-state index contributed by atoms with van der Waals surface area (Å²) in [6.45, 7) is 3.84. The molecule has 1 aliphatic heterocycles. The number of piperidine rings is 1. The summed E-state index contributed by atoms with van der Waals surface area (Å²) in [5, 5.41) is 9.06. The Morgan fingerprint density at radius 3 is 2.89 bits per heavy atom. The molecule has 0 spiro atoms. The maximum atomic E-state index is 9.06. The fourth-order valence-corrected chi connectivity index (χ4v) is 2.50. The van der Waals surface area contributed by atoms with Crippen molar-refractivity contribution in [2.75, 3.05) is 19.6 Å². The van der Waals surface area contributed by atoms with Crippen LogP contribution in [0.3, 0.4) is 0 Å². The maximum Gasteiger partial charge on any atom is 0.0995 e. The highest BCUT2D eigenvalue weighted by atomic mass is 35.5. The molecule has 1 saturated heterocycles. The van der Waals surface area contributed by atoms with Crippen LogP contribution in [0.15, 0.2) is 24.3 Å². The Morgan fingerprint density at radius 1 is 1.39 bits per heavy atom. The number of nitrogens with two attached hydrogens (primary N) is 1. The highest BCUT2D eigenvalue weighted by molar-refractivity contribution is 5.85. The summed E-state index contributed by atoms with van der Waals surface area (Å²) in [5.74, 6) is 0.623. The van der Waals surface area contributed by atoms with Gasteiger partial charge in [-0.1, -0.05) is 18.2 Å². The van der Waals surface area contributed by atoms with E-state index in [0.717, 1.165) is 37.3 Å². The minimum Gasteiger partial charge on any atom is -0.330 e. The van der Waals surface area contributed by atoms with Gasteiger partial charge in [0.1, 0.15) is 0 Å². The zero-order valence-corrected chi connectivity index (χ0v) is 11.3. The smallest absolute Gasteiger partial charge is 0.0995 e. The van der Waals surface area contributed by atoms with Crippen molar-refractivity contribution in [3.63, 3.8) is 0 Å². The van der Waals surface area contributed by atoms with Crippen LogP contribution in [0.2, 0.25) is 0 Å². The minimum atomic E-state index is 0. The van der Waals surface area contributed by atoms with Gasteiger partial charge in [0.25, 0.3) is 0 Å². The predicted molar refractivity (Wildman–Crippen MR) is 75.5 cm³/mol. The number of halogens is 1. The average molecular weight is 266 g/mol. The first-order valence-electron chi connectivity index (χ1n) is 6.24. The summed E-state index contributed by atoms with van der Waals surface area (Å²) in [6, 6.07) is 10.1. The first-order valence-corrected chi connectivity index (χ1v) is 6.24. The highest BCUT2D eigenvalue weighted by Crippen LogP contribution is 2.18. The van der Waals surface area contributed by atoms with E-state index >= 15 is 0 Å². The van der Waals surface area contributed by atoms with E-state index in [1.807, 2.05) is 24.3 Å². The minimum absolute atomic E-state index is 0. The number of benzene rings is 1. The van der Waals surface area contributed by atoms with Crippen LogP contribution in [0, 0.1) is 17.2 Å². The van der Waals surface area contributed by atoms with Gasteiger partial charge < -0.3 is 5.73 Å². The molecule has 0 bridgehead atoms. The molecule has 2 rings (SSSR count). The summed E-state index contributed by atoms with van der Waals surface area (Å²) in [7, 11) is 0. The van der Waals surface area contributed by atoms with Crippen LogP contribution in [0.4, 0.5) is 0 Å². The molecule has 1 unspecified atom stereocenters. The van der Waals surface area contributed by atoms with Crippen molar-refractivity contribution in [3.05, 3.63) is 35.4 Å². The molecule has 18 heavy (non-hydrogen) atoms. The Hall–Kier alpha value is -1.08. The molecular weight excluding hydrogens is 246 g/mol. The lowest BCUT2D eigenvalue weighted by Crippen LogP contribution is -2.37. The molecule has 98 valence electrons. The standard InChI is InChI=1S/C14H19N3.ClH/c15-8-12-4-3-7-17(10-12)11-14-6-2-1-5-13(14)9-16;/h1-2,5-6,12H,3-4,7-8,10-11,15H2;1H. The van der Waals surface area contributed by atoms with Crippen LogP contribution < -0.4 is 5.73 Å². The molecule has 1 atom stereocenters. The van der Waals surface area contributed by atoms with Gasteiger partial charge in [-0.2, -0.15) is 5.26 Å². The zero-order chi connectivity index (χ0) is 12.1. The van der Waals surface area contributed by atoms with Crippen LogP contribution in [0.5, 0.6) is 0 Å². The molecular formula is C14H20ClN3. The fraction of sp³-hybridized carbons (Fsp3) is 0.500. The third-order valence-electron chi connectivity index (χ3n) is 3.47. The molecule has 1 heterocycles. The molecule has 0 aliphatic carbocycles. The van der Waals surface area contributed by atoms with Gasteiger partial charge in [0.15, 0.2) is 0 Å². The molecule has 0 amide bonds. The summed E-state index contributed by atoms with van der Waals surface area (Å²) in [4.78, 5) is 2.41. The van der Waals surface area contributed by atoms with Crippen molar-refractivity contribution < 1.29 is 0 Å². The largest absolute Gasteiger partial charge is 0.330 e. The van der Waals surface area contributed by atoms with E-state index in [0.29, 0.717) is 5.92 Å². The molecule has 1 aromatic carbocycles. The predicted octanol–water partition coefficient (Wildman–Crippen LogP) is 2.15. The second-order valence-electron chi connectivity index (χ2n) is 4.75. The normalized spacial score (nSPS) is 19.9. The fourth-order valence-electron chi connectivity index (χ4n) is 2.50. The van der Waals surface area contributed by atoms with Gasteiger partial charge in [0, 0.05) is 13.1 Å². The molecule has 4 heteroatoms. The molecule has 0 aromatic heterocycles. The second-order valence-corrected chi connectivity index (χ2v) is 4.75. The van der Waals surface area contributed by atoms with E-state index in [2.05, 4.69) is 11.0 Å². The number of hydrogen-bond acceptors (Lipinski definition) is 3. The number of hydrogen-bond donors (Lipinski definition) is 1. The molecule has 1 aliphatic rings. The first kappa shape index (κ1) is 15.0. The molecule has 2 N–H and O–H groups in total. The zero-order valence-electron chi connectivity index (χ0n) is 10.5. The van der Waals surface area contributed by atoms with Gasteiger partial charge in [-0.3, -0.25) is 4.90 Å². The van der Waals surface area contributed by atoms with E-state index in [4.69, 9.17) is 11.0 Å². The number of nitriles is 1. The molecule has 1 fully saturated rings. The Balaban J connectivity index is 0.00000162. The Kier molecular flexibility index (Phi) is 6.14. The first-order chi connectivity index (χ1) is 8.33. The van der Waals surface area contributed by atoms with Crippen LogP contribution in [-0.4, -0.2) is 24.5 Å². The van der Waals surface area contributed by atoms with E-state index in [1.165, 1.54) is 12.8 Å². The van der Waals surface area contributed by atoms with Crippen LogP contribution in [0.25, 0.3) is 0 Å². The number of rotatable bonds is 3. The van der Waals surface area contributed by atoms with Gasteiger partial charge in [-0.15, -0.1) is 12.4 Å². The maximum absolute atomic E-state index is 9.06. The third-order valence-corrected chi connectivity index (χ3v) is 3.47. The van der Waals surface area contributed by atoms with Crippen molar-refractivity contribution in [1.29, 1.82) is 5.26 Å². The summed E-state index contributed by atoms with van der Waals surface area (Å²) in [6.07, 6.45) is 2.46. The summed E-state index contributed by atoms with van der Waals surface area (Å²) >= 11 is 0. The lowest BCUT2D eigenvalue weighted by atomic mass is 9.97. The van der Waals surface area contributed by atoms with Gasteiger partial charge >= 0.3 is 0 Å². The molecule has 0 radical (unpaired) electrons. The lowest BCUT2D eigenvalue weighted by Gasteiger charge is -2.32. The number of likely N-dealkylation sites (tertiary alicyclic amines) is 1. The van der Waals surface area contributed by atoms with Crippen LogP contribution in [-0.2, 0) is 6.54 Å². The van der Waals surface area contributed by atoms with Crippen LogP contribution >= 0.6 is 12.4 Å². The highest BCUT2D eigenvalue weighted by Gasteiger charge is 2.19. The van der Waals surface area contributed by atoms with Crippen molar-refractivity contribution in [1.82, 2.24) is 4.90 Å². The van der Waals surface area contributed by atoms with Crippen molar-refractivity contribution in [3.8, 4) is 6.07 Å². The monoisotopic (exact) mass is 265 g/mol. The summed E-state index contributed by atoms with van der Waals surface area (Å²) in [5.41, 5.74) is 7.66. The van der Waals surface area contributed by atoms with Crippen LogP contribution in [0.1, 0.15) is 24.0 Å². The van der Waals surface area contributed by atoms with E-state index < -0.39 is 0 Å². The van der Waals surface area contributed by atoms with Gasteiger partial charge in [0.2, 0.25) is 0 Å². The second kappa shape index (κ2) is 7.38. The summed E-state index contributed by atoms with van der Waals surface area (Å²) < 4.78 is 0. The Morgan fingerprint density at radius 2 is 2.17 bits per heavy atom. The van der Waals surface area contributed by atoms with Gasteiger partial charge in [-0.05, 0) is 43.5 Å². The molecule has 3 nitrogen and oxygen atoms in total. The van der Waals surface area contributed by atoms with Gasteiger partial charge in [-0.25, -0.2) is 0 Å². The molecule has 1 aromatic rings.